The van der Waals surface area contributed by atoms with Crippen molar-refractivity contribution in [1.29, 1.82) is 0 Å². The van der Waals surface area contributed by atoms with Crippen LogP contribution >= 0.6 is 0 Å². The number of amides is 1. The molecule has 5 rings (SSSR count). The minimum atomic E-state index is -0.487. The molecule has 1 aromatic heterocycles. The number of likely N-dealkylation sites (tertiary alicyclic amines) is 1. The van der Waals surface area contributed by atoms with Crippen LogP contribution in [0.4, 0.5) is 4.39 Å². The van der Waals surface area contributed by atoms with Crippen LogP contribution in [0.2, 0.25) is 0 Å². The molecule has 3 aromatic rings. The molecular formula is C30H31FN2O3. The maximum absolute atomic E-state index is 13.5. The number of piperidine rings is 1. The van der Waals surface area contributed by atoms with Gasteiger partial charge < -0.3 is 9.64 Å². The Kier molecular flexibility index (Phi) is 6.86. The van der Waals surface area contributed by atoms with Crippen LogP contribution in [0, 0.1) is 5.82 Å². The predicted molar refractivity (Wildman–Crippen MR) is 139 cm³/mol. The number of rotatable bonds is 4. The number of aromatic nitrogens is 1. The first-order valence-electron chi connectivity index (χ1n) is 12.8. The number of hydrogen-bond acceptors (Lipinski definition) is 4. The van der Waals surface area contributed by atoms with Crippen molar-refractivity contribution in [3.63, 3.8) is 0 Å². The molecule has 0 spiro atoms. The van der Waals surface area contributed by atoms with Crippen molar-refractivity contribution in [1.82, 2.24) is 9.88 Å². The average molecular weight is 487 g/mol. The average Bonchev–Trinajstić information content (AvgIpc) is 2.87. The smallest absolute Gasteiger partial charge is 0.339 e. The van der Waals surface area contributed by atoms with Crippen molar-refractivity contribution >= 4 is 34.4 Å². The summed E-state index contributed by atoms with van der Waals surface area (Å²) in [5, 5.41) is 0.733. The molecule has 186 valence electrons. The van der Waals surface area contributed by atoms with Gasteiger partial charge in [-0.05, 0) is 93.3 Å². The van der Waals surface area contributed by atoms with Crippen molar-refractivity contribution in [3.8, 4) is 0 Å². The molecule has 2 aliphatic rings. The summed E-state index contributed by atoms with van der Waals surface area (Å²) in [4.78, 5) is 33.3. The Balaban J connectivity index is 1.48. The normalized spacial score (nSPS) is 20.9. The number of esters is 1. The van der Waals surface area contributed by atoms with E-state index in [9.17, 15) is 14.0 Å². The van der Waals surface area contributed by atoms with Gasteiger partial charge in [0.25, 0.3) is 5.91 Å². The van der Waals surface area contributed by atoms with Gasteiger partial charge in [-0.2, -0.15) is 0 Å². The van der Waals surface area contributed by atoms with Gasteiger partial charge in [-0.1, -0.05) is 30.3 Å². The highest BCUT2D eigenvalue weighted by molar-refractivity contribution is 6.07. The van der Waals surface area contributed by atoms with Crippen molar-refractivity contribution in [2.24, 2.45) is 0 Å². The lowest BCUT2D eigenvalue weighted by molar-refractivity contribution is -0.140. The largest absolute Gasteiger partial charge is 0.452 e. The third kappa shape index (κ3) is 4.77. The number of hydrogen-bond donors (Lipinski definition) is 0. The van der Waals surface area contributed by atoms with E-state index in [-0.39, 0.29) is 30.4 Å². The van der Waals surface area contributed by atoms with E-state index in [1.807, 2.05) is 35.2 Å². The Labute approximate surface area is 211 Å². The van der Waals surface area contributed by atoms with Crippen LogP contribution in [0.5, 0.6) is 0 Å². The summed E-state index contributed by atoms with van der Waals surface area (Å²) in [5.74, 6) is -0.913. The van der Waals surface area contributed by atoms with Crippen LogP contribution in [0.1, 0.15) is 73.1 Å². The van der Waals surface area contributed by atoms with Gasteiger partial charge in [-0.15, -0.1) is 0 Å². The number of benzene rings is 2. The van der Waals surface area contributed by atoms with Gasteiger partial charge in [0.1, 0.15) is 5.82 Å². The SMILES string of the molecule is C[C@H]1CCC[C@H](C)N1C(=O)COC(=O)c1c2c(nc3ccccc13)/C(=C\c1ccc(F)cc1)CCC2. The van der Waals surface area contributed by atoms with Crippen LogP contribution in [0.15, 0.2) is 48.5 Å². The Morgan fingerprint density at radius 2 is 1.75 bits per heavy atom. The van der Waals surface area contributed by atoms with Gasteiger partial charge in [-0.3, -0.25) is 4.79 Å². The first-order valence-corrected chi connectivity index (χ1v) is 12.8. The number of carbonyl (C=O) groups is 2. The molecule has 6 heteroatoms. The summed E-state index contributed by atoms with van der Waals surface area (Å²) in [7, 11) is 0. The van der Waals surface area contributed by atoms with E-state index < -0.39 is 5.97 Å². The first-order chi connectivity index (χ1) is 17.4. The molecule has 2 aromatic carbocycles. The lowest BCUT2D eigenvalue weighted by atomic mass is 9.86. The van der Waals surface area contributed by atoms with Gasteiger partial charge in [0, 0.05) is 17.5 Å². The highest BCUT2D eigenvalue weighted by atomic mass is 19.1. The highest BCUT2D eigenvalue weighted by Crippen LogP contribution is 2.36. The van der Waals surface area contributed by atoms with Gasteiger partial charge >= 0.3 is 5.97 Å². The van der Waals surface area contributed by atoms with Crippen LogP contribution < -0.4 is 0 Å². The summed E-state index contributed by atoms with van der Waals surface area (Å²) >= 11 is 0. The fourth-order valence-corrected chi connectivity index (χ4v) is 5.66. The fraction of sp³-hybridized carbons (Fsp3) is 0.367. The van der Waals surface area contributed by atoms with E-state index in [0.717, 1.165) is 59.9 Å². The first kappa shape index (κ1) is 24.2. The van der Waals surface area contributed by atoms with E-state index in [1.165, 1.54) is 12.1 Å². The van der Waals surface area contributed by atoms with Crippen LogP contribution in [-0.4, -0.2) is 40.5 Å². The molecule has 2 heterocycles. The Morgan fingerprint density at radius 1 is 1.03 bits per heavy atom. The number of halogens is 1. The van der Waals surface area contributed by atoms with Crippen molar-refractivity contribution in [2.45, 2.75) is 64.5 Å². The van der Waals surface area contributed by atoms with E-state index in [0.29, 0.717) is 17.5 Å². The van der Waals surface area contributed by atoms with Crippen molar-refractivity contribution < 1.29 is 18.7 Å². The summed E-state index contributed by atoms with van der Waals surface area (Å²) in [6.07, 6.45) is 7.43. The van der Waals surface area contributed by atoms with Crippen molar-refractivity contribution in [3.05, 3.63) is 76.7 Å². The number of fused-ring (bicyclic) bond motifs is 2. The second kappa shape index (κ2) is 10.2. The third-order valence-corrected chi connectivity index (χ3v) is 7.39. The van der Waals surface area contributed by atoms with E-state index >= 15 is 0 Å². The zero-order valence-corrected chi connectivity index (χ0v) is 20.8. The molecule has 1 amide bonds. The zero-order valence-electron chi connectivity index (χ0n) is 20.8. The minimum Gasteiger partial charge on any atom is -0.452 e. The third-order valence-electron chi connectivity index (χ3n) is 7.39. The molecule has 1 aliphatic carbocycles. The second-order valence-corrected chi connectivity index (χ2v) is 9.91. The number of nitrogens with zero attached hydrogens (tertiary/aromatic N) is 2. The molecular weight excluding hydrogens is 455 g/mol. The molecule has 5 nitrogen and oxygen atoms in total. The summed E-state index contributed by atoms with van der Waals surface area (Å²) in [6.45, 7) is 3.84. The molecule has 0 bridgehead atoms. The molecule has 2 atom stereocenters. The van der Waals surface area contributed by atoms with Crippen LogP contribution in [0.25, 0.3) is 22.6 Å². The van der Waals surface area contributed by atoms with Gasteiger partial charge in [-0.25, -0.2) is 14.2 Å². The predicted octanol–water partition coefficient (Wildman–Crippen LogP) is 6.20. The molecule has 36 heavy (non-hydrogen) atoms. The molecule has 0 N–H and O–H groups in total. The Morgan fingerprint density at radius 3 is 2.50 bits per heavy atom. The fourth-order valence-electron chi connectivity index (χ4n) is 5.66. The molecule has 1 fully saturated rings. The maximum Gasteiger partial charge on any atom is 0.339 e. The van der Waals surface area contributed by atoms with Crippen LogP contribution in [0.3, 0.4) is 0 Å². The number of para-hydroxylation sites is 1. The summed E-state index contributed by atoms with van der Waals surface area (Å²) in [6, 6.07) is 14.2. The lowest BCUT2D eigenvalue weighted by Gasteiger charge is -2.38. The maximum atomic E-state index is 13.5. The van der Waals surface area contributed by atoms with Crippen LogP contribution in [-0.2, 0) is 16.0 Å². The monoisotopic (exact) mass is 486 g/mol. The number of carbonyl (C=O) groups excluding carboxylic acids is 2. The summed E-state index contributed by atoms with van der Waals surface area (Å²) < 4.78 is 19.1. The van der Waals surface area contributed by atoms with E-state index in [1.54, 1.807) is 12.1 Å². The molecule has 0 saturated carbocycles. The highest BCUT2D eigenvalue weighted by Gasteiger charge is 2.31. The Bertz CT molecular complexity index is 1320. The molecule has 1 saturated heterocycles. The molecule has 0 unspecified atom stereocenters. The van der Waals surface area contributed by atoms with Gasteiger partial charge in [0.2, 0.25) is 0 Å². The quantitative estimate of drug-likeness (QED) is 0.412. The molecule has 0 radical (unpaired) electrons. The van der Waals surface area contributed by atoms with Gasteiger partial charge in [0.15, 0.2) is 6.61 Å². The van der Waals surface area contributed by atoms with Crippen molar-refractivity contribution in [2.75, 3.05) is 6.61 Å². The standard InChI is InChI=1S/C30H31FN2O3/c1-19-7-5-8-20(2)33(19)27(34)18-36-30(35)28-24-10-3-4-12-26(24)32-29-22(9-6-11-25(28)29)17-21-13-15-23(31)16-14-21/h3-4,10,12-17,19-20H,5-9,11,18H2,1-2H3/b22-17-/t19-,20-/m0/s1. The number of pyridine rings is 1. The van der Waals surface area contributed by atoms with Gasteiger partial charge in [0.05, 0.1) is 16.8 Å². The summed E-state index contributed by atoms with van der Waals surface area (Å²) in [5.41, 5.74) is 4.72. The number of ether oxygens (including phenoxy) is 1. The van der Waals surface area contributed by atoms with E-state index in [2.05, 4.69) is 13.8 Å². The Hall–Kier alpha value is -3.54. The van der Waals surface area contributed by atoms with E-state index in [4.69, 9.17) is 9.72 Å². The number of allylic oxidation sites excluding steroid dienone is 1. The zero-order chi connectivity index (χ0) is 25.2. The topological polar surface area (TPSA) is 59.5 Å². The lowest BCUT2D eigenvalue weighted by Crippen LogP contribution is -2.49. The second-order valence-electron chi connectivity index (χ2n) is 9.91. The molecule has 1 aliphatic heterocycles. The minimum absolute atomic E-state index is 0.146.